The molecule has 316 valence electrons. The molecule has 14 aromatic carbocycles. The van der Waals surface area contributed by atoms with Crippen molar-refractivity contribution in [2.75, 3.05) is 9.80 Å². The lowest BCUT2D eigenvalue weighted by molar-refractivity contribution is 1.33. The van der Waals surface area contributed by atoms with Gasteiger partial charge in [-0.15, -0.1) is 0 Å². The smallest absolute Gasteiger partial charge is 0.0547 e. The van der Waals surface area contributed by atoms with Gasteiger partial charge in [0.1, 0.15) is 0 Å². The molecule has 0 aliphatic rings. The summed E-state index contributed by atoms with van der Waals surface area (Å²) in [6, 6.07) is 94.2. The molecule has 0 unspecified atom stereocenters. The van der Waals surface area contributed by atoms with Crippen molar-refractivity contribution in [2.45, 2.75) is 0 Å². The molecule has 0 saturated carbocycles. The largest absolute Gasteiger partial charge is 0.309 e. The third kappa shape index (κ3) is 5.78. The summed E-state index contributed by atoms with van der Waals surface area (Å²) in [5.74, 6) is 0. The third-order valence-electron chi connectivity index (χ3n) is 14.3. The molecule has 2 nitrogen and oxygen atoms in total. The second-order valence-corrected chi connectivity index (χ2v) is 17.9. The zero-order valence-corrected chi connectivity index (χ0v) is 37.1. The van der Waals surface area contributed by atoms with Gasteiger partial charge in [0.15, 0.2) is 0 Å². The first-order chi connectivity index (χ1) is 33.8. The minimum atomic E-state index is 1.14. The zero-order valence-electron chi connectivity index (χ0n) is 37.1. The van der Waals surface area contributed by atoms with Crippen LogP contribution in [0.4, 0.5) is 34.1 Å². The molecule has 0 heterocycles. The molecule has 0 bridgehead atoms. The number of rotatable bonds is 6. The predicted octanol–water partition coefficient (Wildman–Crippen LogP) is 19.0. The normalized spacial score (nSPS) is 11.8. The van der Waals surface area contributed by atoms with E-state index in [0.717, 1.165) is 34.1 Å². The topological polar surface area (TPSA) is 6.48 Å². The summed E-state index contributed by atoms with van der Waals surface area (Å²) in [5, 5.41) is 21.9. The summed E-state index contributed by atoms with van der Waals surface area (Å²) in [6.45, 7) is 0. The van der Waals surface area contributed by atoms with E-state index in [1.54, 1.807) is 0 Å². The molecule has 0 aliphatic heterocycles. The van der Waals surface area contributed by atoms with E-state index in [4.69, 9.17) is 0 Å². The second-order valence-electron chi connectivity index (χ2n) is 17.9. The summed E-state index contributed by atoms with van der Waals surface area (Å²) in [4.78, 5) is 5.05. The second kappa shape index (κ2) is 15.3. The van der Waals surface area contributed by atoms with E-state index in [9.17, 15) is 0 Å². The van der Waals surface area contributed by atoms with Crippen LogP contribution in [0, 0.1) is 0 Å². The van der Waals surface area contributed by atoms with Gasteiger partial charge in [-0.05, 0) is 101 Å². The molecule has 0 atom stereocenters. The van der Waals surface area contributed by atoms with Crippen molar-refractivity contribution in [3.05, 3.63) is 255 Å². The molecule has 0 amide bonds. The molecular weight excluding hydrogens is 821 g/mol. The number of hydrogen-bond donors (Lipinski definition) is 0. The van der Waals surface area contributed by atoms with Crippen molar-refractivity contribution in [1.82, 2.24) is 0 Å². The summed E-state index contributed by atoms with van der Waals surface area (Å²) in [7, 11) is 0. The Kier molecular flexibility index (Phi) is 8.62. The molecule has 0 spiro atoms. The van der Waals surface area contributed by atoms with Crippen LogP contribution in [0.5, 0.6) is 0 Å². The molecule has 0 saturated heterocycles. The van der Waals surface area contributed by atoms with Crippen LogP contribution in [-0.4, -0.2) is 0 Å². The van der Waals surface area contributed by atoms with E-state index in [0.29, 0.717) is 0 Å². The minimum Gasteiger partial charge on any atom is -0.309 e. The summed E-state index contributed by atoms with van der Waals surface area (Å²) in [5.41, 5.74) is 6.86. The van der Waals surface area contributed by atoms with Crippen LogP contribution in [0.2, 0.25) is 0 Å². The first kappa shape index (κ1) is 38.3. The van der Waals surface area contributed by atoms with Gasteiger partial charge in [-0.3, -0.25) is 0 Å². The molecule has 14 aromatic rings. The Morgan fingerprint density at radius 1 is 0.162 bits per heavy atom. The molecule has 0 radical (unpaired) electrons. The predicted molar refractivity (Wildman–Crippen MR) is 293 cm³/mol. The lowest BCUT2D eigenvalue weighted by Crippen LogP contribution is -2.12. The number of anilines is 6. The van der Waals surface area contributed by atoms with Gasteiger partial charge in [0.2, 0.25) is 0 Å². The van der Waals surface area contributed by atoms with Crippen LogP contribution in [0.25, 0.3) is 97.0 Å². The average Bonchev–Trinajstić information content (AvgIpc) is 3.41. The average molecular weight is 863 g/mol. The van der Waals surface area contributed by atoms with Crippen molar-refractivity contribution in [1.29, 1.82) is 0 Å². The van der Waals surface area contributed by atoms with Crippen LogP contribution in [-0.2, 0) is 0 Å². The Morgan fingerprint density at radius 2 is 0.397 bits per heavy atom. The Morgan fingerprint density at radius 3 is 0.706 bits per heavy atom. The summed E-state index contributed by atoms with van der Waals surface area (Å²) in [6.07, 6.45) is 0. The molecular formula is C66H42N2. The van der Waals surface area contributed by atoms with Crippen molar-refractivity contribution in [3.8, 4) is 0 Å². The first-order valence-corrected chi connectivity index (χ1v) is 23.5. The van der Waals surface area contributed by atoms with Gasteiger partial charge in [-0.1, -0.05) is 218 Å². The molecule has 0 fully saturated rings. The fourth-order valence-corrected chi connectivity index (χ4v) is 11.4. The maximum absolute atomic E-state index is 2.53. The van der Waals surface area contributed by atoms with E-state index in [1.165, 1.54) is 97.0 Å². The van der Waals surface area contributed by atoms with Crippen LogP contribution in [0.1, 0.15) is 0 Å². The molecule has 0 N–H and O–H groups in total. The lowest BCUT2D eigenvalue weighted by Gasteiger charge is -2.31. The van der Waals surface area contributed by atoms with Gasteiger partial charge >= 0.3 is 0 Å². The molecule has 14 rings (SSSR count). The highest BCUT2D eigenvalue weighted by molar-refractivity contribution is 6.39. The van der Waals surface area contributed by atoms with Gasteiger partial charge in [0, 0.05) is 32.3 Å². The Bertz CT molecular complexity index is 3900. The van der Waals surface area contributed by atoms with Crippen LogP contribution >= 0.6 is 0 Å². The van der Waals surface area contributed by atoms with Gasteiger partial charge in [-0.25, -0.2) is 0 Å². The number of benzene rings is 14. The highest BCUT2D eigenvalue weighted by atomic mass is 15.2. The Hall–Kier alpha value is -8.98. The van der Waals surface area contributed by atoms with Crippen molar-refractivity contribution in [3.63, 3.8) is 0 Å². The number of hydrogen-bond acceptors (Lipinski definition) is 2. The summed E-state index contributed by atoms with van der Waals surface area (Å²) < 4.78 is 0. The molecule has 0 aliphatic carbocycles. The Balaban J connectivity index is 1.14. The molecule has 0 aromatic heterocycles. The maximum atomic E-state index is 2.53. The third-order valence-corrected chi connectivity index (χ3v) is 14.3. The first-order valence-electron chi connectivity index (χ1n) is 23.5. The Labute approximate surface area is 393 Å². The quantitative estimate of drug-likeness (QED) is 0.154. The minimum absolute atomic E-state index is 1.14. The van der Waals surface area contributed by atoms with Crippen molar-refractivity contribution >= 4 is 131 Å². The zero-order chi connectivity index (χ0) is 44.7. The van der Waals surface area contributed by atoms with Gasteiger partial charge in [0.05, 0.1) is 34.1 Å². The highest BCUT2D eigenvalue weighted by Crippen LogP contribution is 2.52. The van der Waals surface area contributed by atoms with Crippen LogP contribution in [0.15, 0.2) is 255 Å². The number of nitrogens with zero attached hydrogens (tertiary/aromatic N) is 2. The highest BCUT2D eigenvalue weighted by Gasteiger charge is 2.26. The maximum Gasteiger partial charge on any atom is 0.0547 e. The standard InChI is InChI=1S/C66H42N2/c1-5-27-47-43(19-1)23-15-37-59(47)67(60-38-16-24-44-20-2-6-28-48(44)60)63-41-57-51-31-9-10-32-52(51)58-42-64(54-34-12-14-36-56(54)66(58)65(57)55-35-13-11-33-53(55)63)68(61-39-17-25-45-21-3-7-29-49(45)61)62-40-18-26-46-22-4-8-30-50(46)62/h1-42H. The van der Waals surface area contributed by atoms with E-state index >= 15 is 0 Å². The fourth-order valence-electron chi connectivity index (χ4n) is 11.4. The van der Waals surface area contributed by atoms with Crippen molar-refractivity contribution in [2.24, 2.45) is 0 Å². The van der Waals surface area contributed by atoms with Crippen molar-refractivity contribution < 1.29 is 0 Å². The van der Waals surface area contributed by atoms with E-state index in [2.05, 4.69) is 265 Å². The van der Waals surface area contributed by atoms with Gasteiger partial charge in [0.25, 0.3) is 0 Å². The summed E-state index contributed by atoms with van der Waals surface area (Å²) >= 11 is 0. The van der Waals surface area contributed by atoms with Crippen LogP contribution < -0.4 is 9.80 Å². The molecule has 2 heteroatoms. The van der Waals surface area contributed by atoms with Gasteiger partial charge < -0.3 is 9.80 Å². The fraction of sp³-hybridized carbons (Fsp3) is 0. The number of fused-ring (bicyclic) bond motifs is 14. The van der Waals surface area contributed by atoms with E-state index in [-0.39, 0.29) is 0 Å². The van der Waals surface area contributed by atoms with Crippen LogP contribution in [0.3, 0.4) is 0 Å². The van der Waals surface area contributed by atoms with Gasteiger partial charge in [-0.2, -0.15) is 0 Å². The van der Waals surface area contributed by atoms with E-state index in [1.807, 2.05) is 0 Å². The molecule has 68 heavy (non-hydrogen) atoms. The lowest BCUT2D eigenvalue weighted by atomic mass is 9.87. The van der Waals surface area contributed by atoms with E-state index < -0.39 is 0 Å². The monoisotopic (exact) mass is 862 g/mol. The SMILES string of the molecule is c1ccc2c(N(c3cccc4ccccc34)c3cc4c5ccccc5c5cc(N(c6cccc7ccccc67)c6cccc7ccccc67)c6ccccc6c5c4c4ccccc34)cccc2c1.